The average Bonchev–Trinajstić information content (AvgIpc) is 3.22. The highest BCUT2D eigenvalue weighted by atomic mass is 35.5. The van der Waals surface area contributed by atoms with Gasteiger partial charge in [0, 0.05) is 12.4 Å². The fraction of sp³-hybridized carbons (Fsp3) is 0.435. The minimum atomic E-state index is -2.06. The van der Waals surface area contributed by atoms with E-state index >= 15 is 0 Å². The van der Waals surface area contributed by atoms with Crippen molar-refractivity contribution in [2.24, 2.45) is 0 Å². The van der Waals surface area contributed by atoms with E-state index in [1.165, 1.54) is 16.1 Å². The molecule has 0 bridgehead atoms. The predicted molar refractivity (Wildman–Crippen MR) is 128 cm³/mol. The number of hydrogen-bond donors (Lipinski definition) is 0. The number of benzene rings is 1. The van der Waals surface area contributed by atoms with Gasteiger partial charge in [-0.25, -0.2) is 9.67 Å². The number of ether oxygens (including phenoxy) is 1. The van der Waals surface area contributed by atoms with Gasteiger partial charge in [0.2, 0.25) is 0 Å². The molecule has 0 aliphatic heterocycles. The summed E-state index contributed by atoms with van der Waals surface area (Å²) in [5, 5.41) is 5.68. The standard InChI is InChI=1S/C23H31ClN4O2Si/c1-22(2,3)28-21(29)20(24)19(14-26-28)30-15-17-8-10-18(11-9-17)31(7,23(4,5)6)27-13-12-25-16-27/h8-14,16H,15H2,1-7H3. The van der Waals surface area contributed by atoms with Crippen LogP contribution in [0.1, 0.15) is 47.1 Å². The van der Waals surface area contributed by atoms with E-state index in [4.69, 9.17) is 16.3 Å². The minimum absolute atomic E-state index is 0.0503. The van der Waals surface area contributed by atoms with Crippen molar-refractivity contribution >= 4 is 25.0 Å². The van der Waals surface area contributed by atoms with Crippen LogP contribution >= 0.6 is 11.6 Å². The molecule has 166 valence electrons. The SMILES string of the molecule is CC(C)(C)n1ncc(OCc2ccc([Si](C)(n3ccnc3)C(C)(C)C)cc2)c(Cl)c1=O. The summed E-state index contributed by atoms with van der Waals surface area (Å²) in [6.07, 6.45) is 7.32. The molecule has 2 heterocycles. The summed E-state index contributed by atoms with van der Waals surface area (Å²) < 4.78 is 9.48. The van der Waals surface area contributed by atoms with Gasteiger partial charge in [-0.05, 0) is 43.1 Å². The first-order valence-electron chi connectivity index (χ1n) is 10.3. The first kappa shape index (κ1) is 23.3. The Labute approximate surface area is 189 Å². The number of rotatable bonds is 5. The molecular weight excluding hydrogens is 428 g/mol. The quantitative estimate of drug-likeness (QED) is 0.526. The van der Waals surface area contributed by atoms with Gasteiger partial charge in [0.05, 0.1) is 18.1 Å². The molecular formula is C23H31ClN4O2Si. The van der Waals surface area contributed by atoms with E-state index in [9.17, 15) is 4.79 Å². The van der Waals surface area contributed by atoms with Gasteiger partial charge in [0.15, 0.2) is 19.0 Å². The summed E-state index contributed by atoms with van der Waals surface area (Å²) >= 11 is 6.26. The zero-order chi connectivity index (χ0) is 23.0. The molecule has 0 amide bonds. The third-order valence-corrected chi connectivity index (χ3v) is 11.9. The molecule has 3 aromatic rings. The van der Waals surface area contributed by atoms with Gasteiger partial charge in [-0.2, -0.15) is 5.10 Å². The molecule has 6 nitrogen and oxygen atoms in total. The topological polar surface area (TPSA) is 61.9 Å². The van der Waals surface area contributed by atoms with Crippen molar-refractivity contribution < 1.29 is 4.74 Å². The van der Waals surface area contributed by atoms with Crippen LogP contribution in [0, 0.1) is 0 Å². The maximum Gasteiger partial charge on any atom is 0.289 e. The highest BCUT2D eigenvalue weighted by Gasteiger charge is 2.43. The van der Waals surface area contributed by atoms with Gasteiger partial charge < -0.3 is 8.97 Å². The highest BCUT2D eigenvalue weighted by Crippen LogP contribution is 2.36. The van der Waals surface area contributed by atoms with Crippen molar-refractivity contribution in [3.8, 4) is 5.75 Å². The molecule has 0 radical (unpaired) electrons. The van der Waals surface area contributed by atoms with Crippen LogP contribution in [-0.4, -0.2) is 27.2 Å². The van der Waals surface area contributed by atoms with Crippen LogP contribution in [-0.2, 0) is 12.1 Å². The third kappa shape index (κ3) is 4.48. The van der Waals surface area contributed by atoms with Crippen LogP contribution < -0.4 is 15.5 Å². The van der Waals surface area contributed by atoms with Crippen molar-refractivity contribution in [2.45, 2.75) is 65.3 Å². The molecule has 1 unspecified atom stereocenters. The summed E-state index contributed by atoms with van der Waals surface area (Å²) in [5.74, 6) is 0.295. The van der Waals surface area contributed by atoms with Gasteiger partial charge in [0.1, 0.15) is 6.61 Å². The molecule has 31 heavy (non-hydrogen) atoms. The first-order valence-corrected chi connectivity index (χ1v) is 13.2. The summed E-state index contributed by atoms with van der Waals surface area (Å²) in [5.41, 5.74) is 0.193. The van der Waals surface area contributed by atoms with Crippen LogP contribution in [0.3, 0.4) is 0 Å². The van der Waals surface area contributed by atoms with E-state index in [1.807, 2.05) is 33.3 Å². The van der Waals surface area contributed by atoms with E-state index in [2.05, 4.69) is 72.1 Å². The smallest absolute Gasteiger partial charge is 0.289 e. The van der Waals surface area contributed by atoms with Crippen molar-refractivity contribution in [2.75, 3.05) is 0 Å². The Morgan fingerprint density at radius 1 is 1.10 bits per heavy atom. The Hall–Kier alpha value is -2.38. The van der Waals surface area contributed by atoms with Gasteiger partial charge in [-0.15, -0.1) is 0 Å². The van der Waals surface area contributed by atoms with Gasteiger partial charge in [0.25, 0.3) is 5.56 Å². The normalized spacial score (nSPS) is 14.3. The second-order valence-corrected chi connectivity index (χ2v) is 15.1. The van der Waals surface area contributed by atoms with Gasteiger partial charge in [-0.3, -0.25) is 4.79 Å². The second-order valence-electron chi connectivity index (χ2n) is 9.99. The summed E-state index contributed by atoms with van der Waals surface area (Å²) in [6.45, 7) is 15.2. The molecule has 0 saturated carbocycles. The van der Waals surface area contributed by atoms with Crippen molar-refractivity contribution in [3.05, 3.63) is 70.1 Å². The van der Waals surface area contributed by atoms with Gasteiger partial charge in [-0.1, -0.05) is 56.6 Å². The molecule has 8 heteroatoms. The fourth-order valence-corrected chi connectivity index (χ4v) is 7.18. The zero-order valence-corrected chi connectivity index (χ0v) is 21.1. The Kier molecular flexibility index (Phi) is 6.22. The largest absolute Gasteiger partial charge is 0.485 e. The van der Waals surface area contributed by atoms with E-state index in [-0.39, 0.29) is 15.6 Å². The van der Waals surface area contributed by atoms with E-state index in [0.717, 1.165) is 5.56 Å². The molecule has 2 aromatic heterocycles. The maximum atomic E-state index is 12.5. The number of halogens is 1. The monoisotopic (exact) mass is 458 g/mol. The molecule has 1 aromatic carbocycles. The number of hydrogen-bond acceptors (Lipinski definition) is 4. The molecule has 0 fully saturated rings. The summed E-state index contributed by atoms with van der Waals surface area (Å²) in [4.78, 5) is 16.8. The highest BCUT2D eigenvalue weighted by molar-refractivity contribution is 6.91. The second kappa shape index (κ2) is 8.28. The Morgan fingerprint density at radius 3 is 2.26 bits per heavy atom. The Balaban J connectivity index is 1.82. The van der Waals surface area contributed by atoms with Crippen LogP contribution in [0.2, 0.25) is 16.6 Å². The molecule has 0 N–H and O–H groups in total. The lowest BCUT2D eigenvalue weighted by atomic mass is 10.1. The average molecular weight is 459 g/mol. The molecule has 0 spiro atoms. The molecule has 0 saturated heterocycles. The van der Waals surface area contributed by atoms with Crippen molar-refractivity contribution in [1.82, 2.24) is 19.0 Å². The van der Waals surface area contributed by atoms with Crippen molar-refractivity contribution in [3.63, 3.8) is 0 Å². The van der Waals surface area contributed by atoms with Crippen LogP contribution in [0.5, 0.6) is 5.75 Å². The van der Waals surface area contributed by atoms with E-state index in [0.29, 0.717) is 12.4 Å². The lowest BCUT2D eigenvalue weighted by molar-refractivity contribution is 0.292. The van der Waals surface area contributed by atoms with Crippen LogP contribution in [0.25, 0.3) is 0 Å². The van der Waals surface area contributed by atoms with E-state index < -0.39 is 13.8 Å². The van der Waals surface area contributed by atoms with Crippen LogP contribution in [0.4, 0.5) is 0 Å². The number of aromatic nitrogens is 4. The van der Waals surface area contributed by atoms with Gasteiger partial charge >= 0.3 is 0 Å². The third-order valence-electron chi connectivity index (χ3n) is 5.91. The first-order chi connectivity index (χ1) is 14.4. The lowest BCUT2D eigenvalue weighted by Crippen LogP contribution is -2.58. The molecule has 0 aliphatic carbocycles. The fourth-order valence-electron chi connectivity index (χ4n) is 3.58. The predicted octanol–water partition coefficient (Wildman–Crippen LogP) is 4.56. The zero-order valence-electron chi connectivity index (χ0n) is 19.3. The summed E-state index contributed by atoms with van der Waals surface area (Å²) in [6, 6.07) is 8.49. The molecule has 1 atom stereocenters. The number of nitrogens with zero attached hydrogens (tertiary/aromatic N) is 4. The molecule has 0 aliphatic rings. The van der Waals surface area contributed by atoms with Crippen molar-refractivity contribution in [1.29, 1.82) is 0 Å². The Morgan fingerprint density at radius 2 is 1.74 bits per heavy atom. The summed E-state index contributed by atoms with van der Waals surface area (Å²) in [7, 11) is -2.06. The van der Waals surface area contributed by atoms with E-state index in [1.54, 1.807) is 0 Å². The molecule has 3 rings (SSSR count). The maximum absolute atomic E-state index is 12.5. The number of imidazole rings is 1. The Bertz CT molecular complexity index is 1100. The van der Waals surface area contributed by atoms with Crippen LogP contribution in [0.15, 0.2) is 54.0 Å². The minimum Gasteiger partial charge on any atom is -0.485 e. The lowest BCUT2D eigenvalue weighted by Gasteiger charge is -2.41.